The molecule has 7 nitrogen and oxygen atoms in total. The molecule has 0 unspecified atom stereocenters. The molecular formula is C21H23ClN2O5. The van der Waals surface area contributed by atoms with Crippen molar-refractivity contribution in [3.8, 4) is 5.75 Å². The molecule has 0 aromatic heterocycles. The quantitative estimate of drug-likeness (QED) is 0.532. The van der Waals surface area contributed by atoms with E-state index < -0.39 is 24.4 Å². The second-order valence-electron chi connectivity index (χ2n) is 6.60. The monoisotopic (exact) mass is 418 g/mol. The molecule has 0 heterocycles. The van der Waals surface area contributed by atoms with Gasteiger partial charge in [-0.2, -0.15) is 0 Å². The first-order valence-electron chi connectivity index (χ1n) is 9.00. The number of amides is 2. The van der Waals surface area contributed by atoms with Crippen molar-refractivity contribution < 1.29 is 23.9 Å². The maximum Gasteiger partial charge on any atom is 0.344 e. The van der Waals surface area contributed by atoms with E-state index in [1.165, 1.54) is 11.6 Å². The lowest BCUT2D eigenvalue weighted by Gasteiger charge is -2.12. The van der Waals surface area contributed by atoms with Crippen LogP contribution < -0.4 is 15.6 Å². The van der Waals surface area contributed by atoms with E-state index in [-0.39, 0.29) is 17.2 Å². The summed E-state index contributed by atoms with van der Waals surface area (Å²) in [6.07, 6.45) is 0. The Morgan fingerprint density at radius 1 is 1.03 bits per heavy atom. The third kappa shape index (κ3) is 6.80. The molecule has 2 amide bonds. The van der Waals surface area contributed by atoms with Crippen molar-refractivity contribution in [3.63, 3.8) is 0 Å². The molecule has 154 valence electrons. The number of carbonyl (C=O) groups is 3. The standard InChI is InChI=1S/C21H23ClN2O5/c1-13(2)16-9-8-15(10-14(16)3)28-12-20(26)29-11-19(25)23-24-21(27)17-6-4-5-7-18(17)22/h4-10,13H,11-12H2,1-3H3,(H,23,25)(H,24,27). The van der Waals surface area contributed by atoms with Gasteiger partial charge in [0.25, 0.3) is 11.8 Å². The summed E-state index contributed by atoms with van der Waals surface area (Å²) in [5, 5.41) is 0.250. The first kappa shape index (κ1) is 22.2. The number of hydrogen-bond acceptors (Lipinski definition) is 5. The Hall–Kier alpha value is -3.06. The summed E-state index contributed by atoms with van der Waals surface area (Å²) in [5.41, 5.74) is 6.82. The molecule has 2 aromatic carbocycles. The molecule has 2 N–H and O–H groups in total. The SMILES string of the molecule is Cc1cc(OCC(=O)OCC(=O)NNC(=O)c2ccccc2Cl)ccc1C(C)C. The zero-order chi connectivity index (χ0) is 21.4. The summed E-state index contributed by atoms with van der Waals surface area (Å²) < 4.78 is 10.2. The maximum absolute atomic E-state index is 11.9. The van der Waals surface area contributed by atoms with Gasteiger partial charge in [0, 0.05) is 0 Å². The fourth-order valence-corrected chi connectivity index (χ4v) is 2.81. The van der Waals surface area contributed by atoms with Gasteiger partial charge in [-0.25, -0.2) is 4.79 Å². The van der Waals surface area contributed by atoms with Gasteiger partial charge in [0.1, 0.15) is 5.75 Å². The van der Waals surface area contributed by atoms with Crippen LogP contribution in [0.3, 0.4) is 0 Å². The smallest absolute Gasteiger partial charge is 0.344 e. The molecule has 8 heteroatoms. The van der Waals surface area contributed by atoms with E-state index in [1.807, 2.05) is 19.1 Å². The highest BCUT2D eigenvalue weighted by Crippen LogP contribution is 2.23. The van der Waals surface area contributed by atoms with Crippen molar-refractivity contribution in [2.75, 3.05) is 13.2 Å². The van der Waals surface area contributed by atoms with Crippen molar-refractivity contribution in [1.82, 2.24) is 10.9 Å². The lowest BCUT2D eigenvalue weighted by Crippen LogP contribution is -2.43. The molecule has 0 fully saturated rings. The second-order valence-corrected chi connectivity index (χ2v) is 7.01. The van der Waals surface area contributed by atoms with Crippen LogP contribution >= 0.6 is 11.6 Å². The van der Waals surface area contributed by atoms with E-state index in [9.17, 15) is 14.4 Å². The van der Waals surface area contributed by atoms with Gasteiger partial charge in [0.05, 0.1) is 10.6 Å². The molecule has 0 atom stereocenters. The number of hydrogen-bond donors (Lipinski definition) is 2. The highest BCUT2D eigenvalue weighted by molar-refractivity contribution is 6.33. The summed E-state index contributed by atoms with van der Waals surface area (Å²) in [5.74, 6) is -1.05. The lowest BCUT2D eigenvalue weighted by atomic mass is 9.98. The molecule has 0 bridgehead atoms. The van der Waals surface area contributed by atoms with E-state index in [1.54, 1.807) is 24.3 Å². The molecule has 0 saturated heterocycles. The number of ether oxygens (including phenoxy) is 2. The highest BCUT2D eigenvalue weighted by atomic mass is 35.5. The minimum atomic E-state index is -0.705. The predicted molar refractivity (Wildman–Crippen MR) is 109 cm³/mol. The zero-order valence-corrected chi connectivity index (χ0v) is 17.2. The number of aryl methyl sites for hydroxylation is 1. The molecule has 0 aliphatic heterocycles. The topological polar surface area (TPSA) is 93.7 Å². The average molecular weight is 419 g/mol. The van der Waals surface area contributed by atoms with Crippen LogP contribution in [-0.4, -0.2) is 31.0 Å². The molecule has 0 saturated carbocycles. The number of hydrazine groups is 1. The first-order chi connectivity index (χ1) is 13.8. The van der Waals surface area contributed by atoms with Gasteiger partial charge in [-0.1, -0.05) is 43.6 Å². The summed E-state index contributed by atoms with van der Waals surface area (Å²) in [6.45, 7) is 5.28. The summed E-state index contributed by atoms with van der Waals surface area (Å²) in [7, 11) is 0. The van der Waals surface area contributed by atoms with E-state index in [2.05, 4.69) is 24.7 Å². The van der Waals surface area contributed by atoms with E-state index in [0.717, 1.165) is 5.56 Å². The fourth-order valence-electron chi connectivity index (χ4n) is 2.59. The Kier molecular flexibility index (Phi) is 8.03. The number of halogens is 1. The van der Waals surface area contributed by atoms with Gasteiger partial charge >= 0.3 is 5.97 Å². The number of rotatable bonds is 7. The van der Waals surface area contributed by atoms with Crippen LogP contribution in [0.1, 0.15) is 41.3 Å². The second kappa shape index (κ2) is 10.5. The van der Waals surface area contributed by atoms with E-state index in [0.29, 0.717) is 11.7 Å². The number of benzene rings is 2. The molecule has 0 radical (unpaired) electrons. The molecule has 0 aliphatic carbocycles. The number of esters is 1. The molecule has 0 aliphatic rings. The minimum Gasteiger partial charge on any atom is -0.482 e. The third-order valence-corrected chi connectivity index (χ3v) is 4.35. The van der Waals surface area contributed by atoms with E-state index >= 15 is 0 Å². The van der Waals surface area contributed by atoms with Crippen molar-refractivity contribution >= 4 is 29.4 Å². The Morgan fingerprint density at radius 3 is 2.41 bits per heavy atom. The Bertz CT molecular complexity index is 898. The molecular weight excluding hydrogens is 396 g/mol. The van der Waals surface area contributed by atoms with E-state index in [4.69, 9.17) is 21.1 Å². The van der Waals surface area contributed by atoms with Crippen LogP contribution in [-0.2, 0) is 14.3 Å². The highest BCUT2D eigenvalue weighted by Gasteiger charge is 2.13. The summed E-state index contributed by atoms with van der Waals surface area (Å²) >= 11 is 5.90. The Morgan fingerprint density at radius 2 is 1.76 bits per heavy atom. The molecule has 29 heavy (non-hydrogen) atoms. The van der Waals surface area contributed by atoms with Gasteiger partial charge in [0.2, 0.25) is 0 Å². The third-order valence-electron chi connectivity index (χ3n) is 4.02. The molecule has 0 spiro atoms. The van der Waals surface area contributed by atoms with Gasteiger partial charge in [-0.15, -0.1) is 0 Å². The van der Waals surface area contributed by atoms with Crippen LogP contribution in [0.4, 0.5) is 0 Å². The van der Waals surface area contributed by atoms with Crippen molar-refractivity contribution in [2.45, 2.75) is 26.7 Å². The average Bonchev–Trinajstić information content (AvgIpc) is 2.69. The van der Waals surface area contributed by atoms with Gasteiger partial charge in [-0.3, -0.25) is 20.4 Å². The van der Waals surface area contributed by atoms with Crippen LogP contribution in [0.15, 0.2) is 42.5 Å². The molecule has 2 rings (SSSR count). The number of carbonyl (C=O) groups excluding carboxylic acids is 3. The largest absolute Gasteiger partial charge is 0.482 e. The summed E-state index contributed by atoms with van der Waals surface area (Å²) in [6, 6.07) is 12.0. The minimum absolute atomic E-state index is 0.207. The van der Waals surface area contributed by atoms with Crippen molar-refractivity contribution in [1.29, 1.82) is 0 Å². The first-order valence-corrected chi connectivity index (χ1v) is 9.38. The summed E-state index contributed by atoms with van der Waals surface area (Å²) in [4.78, 5) is 35.4. The lowest BCUT2D eigenvalue weighted by molar-refractivity contribution is -0.150. The number of nitrogens with one attached hydrogen (secondary N) is 2. The van der Waals surface area contributed by atoms with Gasteiger partial charge in [-0.05, 0) is 48.2 Å². The zero-order valence-electron chi connectivity index (χ0n) is 16.5. The maximum atomic E-state index is 11.9. The van der Waals surface area contributed by atoms with Crippen molar-refractivity contribution in [3.05, 3.63) is 64.2 Å². The fraction of sp³-hybridized carbons (Fsp3) is 0.286. The van der Waals surface area contributed by atoms with Crippen LogP contribution in [0.25, 0.3) is 0 Å². The van der Waals surface area contributed by atoms with Crippen molar-refractivity contribution in [2.24, 2.45) is 0 Å². The van der Waals surface area contributed by atoms with Crippen LogP contribution in [0.2, 0.25) is 5.02 Å². The predicted octanol–water partition coefficient (Wildman–Crippen LogP) is 3.16. The van der Waals surface area contributed by atoms with Crippen LogP contribution in [0.5, 0.6) is 5.75 Å². The Labute approximate surface area is 174 Å². The van der Waals surface area contributed by atoms with Gasteiger partial charge < -0.3 is 9.47 Å². The van der Waals surface area contributed by atoms with Gasteiger partial charge in [0.15, 0.2) is 13.2 Å². The normalized spacial score (nSPS) is 10.4. The Balaban J connectivity index is 1.72. The van der Waals surface area contributed by atoms with Crippen LogP contribution in [0, 0.1) is 6.92 Å². The molecule has 2 aromatic rings.